The monoisotopic (exact) mass is 292 g/mol. The van der Waals surface area contributed by atoms with Gasteiger partial charge in [-0.1, -0.05) is 0 Å². The molecule has 0 bridgehead atoms. The molecule has 0 spiro atoms. The third kappa shape index (κ3) is 4.75. The molecule has 1 aliphatic rings. The molecule has 0 saturated carbocycles. The quantitative estimate of drug-likeness (QED) is 0.700. The number of nitrogens with zero attached hydrogens (tertiary/aromatic N) is 4. The first kappa shape index (κ1) is 15.9. The summed E-state index contributed by atoms with van der Waals surface area (Å²) >= 11 is 0. The molecule has 1 unspecified atom stereocenters. The molecule has 1 aromatic rings. The zero-order valence-corrected chi connectivity index (χ0v) is 12.9. The molecule has 2 heterocycles. The molecule has 1 saturated heterocycles. The van der Waals surface area contributed by atoms with E-state index in [9.17, 15) is 4.79 Å². The number of carbonyl (C=O) groups excluding carboxylic acids is 1. The van der Waals surface area contributed by atoms with Gasteiger partial charge in [-0.3, -0.25) is 9.69 Å². The number of rotatable bonds is 7. The van der Waals surface area contributed by atoms with Crippen LogP contribution in [0.2, 0.25) is 0 Å². The predicted molar refractivity (Wildman–Crippen MR) is 79.6 cm³/mol. The molecule has 0 aliphatic carbocycles. The van der Waals surface area contributed by atoms with Crippen LogP contribution in [0, 0.1) is 0 Å². The van der Waals surface area contributed by atoms with E-state index in [2.05, 4.69) is 21.9 Å². The van der Waals surface area contributed by atoms with Crippen molar-refractivity contribution in [3.8, 4) is 0 Å². The van der Waals surface area contributed by atoms with E-state index in [0.717, 1.165) is 38.3 Å². The minimum atomic E-state index is 0.235. The largest absolute Gasteiger partial charge is 0.385 e. The summed E-state index contributed by atoms with van der Waals surface area (Å²) < 4.78 is 4.99. The number of aromatic nitrogens is 2. The highest BCUT2D eigenvalue weighted by Gasteiger charge is 2.28. The number of ether oxygens (including phenoxy) is 1. The van der Waals surface area contributed by atoms with Gasteiger partial charge in [0.1, 0.15) is 5.82 Å². The summed E-state index contributed by atoms with van der Waals surface area (Å²) in [6.45, 7) is 3.01. The van der Waals surface area contributed by atoms with Gasteiger partial charge in [0.05, 0.1) is 6.54 Å². The molecule has 116 valence electrons. The summed E-state index contributed by atoms with van der Waals surface area (Å²) in [4.78, 5) is 24.8. The third-order valence-electron chi connectivity index (χ3n) is 3.89. The number of carbonyl (C=O) groups is 1. The summed E-state index contributed by atoms with van der Waals surface area (Å²) in [6, 6.07) is 2.21. The highest BCUT2D eigenvalue weighted by molar-refractivity contribution is 5.76. The van der Waals surface area contributed by atoms with Gasteiger partial charge in [0.25, 0.3) is 0 Å². The van der Waals surface area contributed by atoms with Crippen molar-refractivity contribution in [3.63, 3.8) is 0 Å². The molecular weight excluding hydrogens is 268 g/mol. The van der Waals surface area contributed by atoms with Gasteiger partial charge in [-0.15, -0.1) is 0 Å². The van der Waals surface area contributed by atoms with Crippen LogP contribution < -0.4 is 0 Å². The van der Waals surface area contributed by atoms with Crippen molar-refractivity contribution in [2.24, 2.45) is 0 Å². The minimum Gasteiger partial charge on any atom is -0.385 e. The molecule has 1 aromatic heterocycles. The molecular formula is C15H24N4O2. The van der Waals surface area contributed by atoms with Gasteiger partial charge in [0.2, 0.25) is 5.91 Å². The zero-order valence-electron chi connectivity index (χ0n) is 12.9. The molecule has 1 atom stereocenters. The second kappa shape index (κ2) is 8.05. The second-order valence-corrected chi connectivity index (χ2v) is 5.46. The first-order valence-electron chi connectivity index (χ1n) is 7.43. The fourth-order valence-electron chi connectivity index (χ4n) is 2.62. The first-order valence-corrected chi connectivity index (χ1v) is 7.43. The molecule has 0 aromatic carbocycles. The lowest BCUT2D eigenvalue weighted by Crippen LogP contribution is -2.36. The Bertz CT molecular complexity index is 441. The Hall–Kier alpha value is -1.53. The van der Waals surface area contributed by atoms with Crippen LogP contribution in [0.15, 0.2) is 18.5 Å². The number of hydrogen-bond donors (Lipinski definition) is 0. The third-order valence-corrected chi connectivity index (χ3v) is 3.89. The molecule has 21 heavy (non-hydrogen) atoms. The van der Waals surface area contributed by atoms with Crippen molar-refractivity contribution < 1.29 is 9.53 Å². The van der Waals surface area contributed by atoms with Crippen molar-refractivity contribution in [1.82, 2.24) is 19.8 Å². The average Bonchev–Trinajstić information content (AvgIpc) is 2.98. The molecule has 1 fully saturated rings. The highest BCUT2D eigenvalue weighted by Crippen LogP contribution is 2.17. The fraction of sp³-hybridized carbons (Fsp3) is 0.667. The van der Waals surface area contributed by atoms with Crippen molar-refractivity contribution in [2.75, 3.05) is 33.9 Å². The van der Waals surface area contributed by atoms with Crippen molar-refractivity contribution in [1.29, 1.82) is 0 Å². The van der Waals surface area contributed by atoms with E-state index in [1.54, 1.807) is 19.5 Å². The van der Waals surface area contributed by atoms with E-state index in [-0.39, 0.29) is 5.91 Å². The highest BCUT2D eigenvalue weighted by atomic mass is 16.5. The van der Waals surface area contributed by atoms with Crippen LogP contribution in [0.5, 0.6) is 0 Å². The van der Waals surface area contributed by atoms with Crippen LogP contribution in [0.25, 0.3) is 0 Å². The Kier molecular flexibility index (Phi) is 6.07. The summed E-state index contributed by atoms with van der Waals surface area (Å²) in [6.07, 6.45) is 5.91. The number of likely N-dealkylation sites (N-methyl/N-ethyl adjacent to an activating group) is 1. The molecule has 0 N–H and O–H groups in total. The number of likely N-dealkylation sites (tertiary alicyclic amines) is 1. The van der Waals surface area contributed by atoms with Crippen LogP contribution >= 0.6 is 0 Å². The maximum atomic E-state index is 12.1. The van der Waals surface area contributed by atoms with Gasteiger partial charge in [0.15, 0.2) is 0 Å². The van der Waals surface area contributed by atoms with E-state index >= 15 is 0 Å². The van der Waals surface area contributed by atoms with Gasteiger partial charge in [-0.25, -0.2) is 9.97 Å². The SMILES string of the molecule is COCCCC(=O)N1CCC(N(C)Cc2ncccn2)C1. The smallest absolute Gasteiger partial charge is 0.222 e. The maximum absolute atomic E-state index is 12.1. The second-order valence-electron chi connectivity index (χ2n) is 5.46. The van der Waals surface area contributed by atoms with Gasteiger partial charge in [-0.2, -0.15) is 0 Å². The van der Waals surface area contributed by atoms with Crippen LogP contribution in [-0.4, -0.2) is 65.6 Å². The lowest BCUT2D eigenvalue weighted by atomic mass is 10.2. The summed E-state index contributed by atoms with van der Waals surface area (Å²) in [5.74, 6) is 1.06. The maximum Gasteiger partial charge on any atom is 0.222 e. The van der Waals surface area contributed by atoms with Gasteiger partial charge in [0, 0.05) is 51.7 Å². The Morgan fingerprint density at radius 3 is 2.95 bits per heavy atom. The molecule has 6 heteroatoms. The summed E-state index contributed by atoms with van der Waals surface area (Å²) in [5, 5.41) is 0. The fourth-order valence-corrected chi connectivity index (χ4v) is 2.62. The molecule has 6 nitrogen and oxygen atoms in total. The van der Waals surface area contributed by atoms with Crippen molar-refractivity contribution >= 4 is 5.91 Å². The van der Waals surface area contributed by atoms with E-state index in [1.165, 1.54) is 0 Å². The van der Waals surface area contributed by atoms with Crippen LogP contribution in [-0.2, 0) is 16.1 Å². The van der Waals surface area contributed by atoms with Gasteiger partial charge >= 0.3 is 0 Å². The van der Waals surface area contributed by atoms with E-state index in [4.69, 9.17) is 4.74 Å². The number of hydrogen-bond acceptors (Lipinski definition) is 5. The Balaban J connectivity index is 1.77. The lowest BCUT2D eigenvalue weighted by molar-refractivity contribution is -0.130. The molecule has 1 amide bonds. The molecule has 0 radical (unpaired) electrons. The Morgan fingerprint density at radius 2 is 2.24 bits per heavy atom. The van der Waals surface area contributed by atoms with Crippen molar-refractivity contribution in [2.45, 2.75) is 31.8 Å². The first-order chi connectivity index (χ1) is 10.2. The predicted octanol–water partition coefficient (Wildman–Crippen LogP) is 0.936. The minimum absolute atomic E-state index is 0.235. The molecule has 1 aliphatic heterocycles. The Labute approximate surface area is 126 Å². The van der Waals surface area contributed by atoms with Crippen molar-refractivity contribution in [3.05, 3.63) is 24.3 Å². The standard InChI is InChI=1S/C15H24N4O2/c1-18(12-14-16-7-4-8-17-14)13-6-9-19(11-13)15(20)5-3-10-21-2/h4,7-8,13H,3,5-6,9-12H2,1-2H3. The number of amides is 1. The van der Waals surface area contributed by atoms with Gasteiger partial charge in [-0.05, 0) is 26.0 Å². The van der Waals surface area contributed by atoms with Crippen LogP contribution in [0.4, 0.5) is 0 Å². The average molecular weight is 292 g/mol. The number of methoxy groups -OCH3 is 1. The van der Waals surface area contributed by atoms with Crippen LogP contribution in [0.3, 0.4) is 0 Å². The normalized spacial score (nSPS) is 18.4. The molecule has 2 rings (SSSR count). The van der Waals surface area contributed by atoms with E-state index in [1.807, 2.05) is 11.0 Å². The van der Waals surface area contributed by atoms with Gasteiger partial charge < -0.3 is 9.64 Å². The Morgan fingerprint density at radius 1 is 1.48 bits per heavy atom. The summed E-state index contributed by atoms with van der Waals surface area (Å²) in [5.41, 5.74) is 0. The topological polar surface area (TPSA) is 58.6 Å². The summed E-state index contributed by atoms with van der Waals surface area (Å²) in [7, 11) is 3.73. The zero-order chi connectivity index (χ0) is 15.1. The van der Waals surface area contributed by atoms with Crippen LogP contribution in [0.1, 0.15) is 25.1 Å². The van der Waals surface area contributed by atoms with E-state index < -0.39 is 0 Å². The lowest BCUT2D eigenvalue weighted by Gasteiger charge is -2.24. The van der Waals surface area contributed by atoms with E-state index in [0.29, 0.717) is 19.1 Å².